The van der Waals surface area contributed by atoms with Gasteiger partial charge in [-0.25, -0.2) is 0 Å². The Balaban J connectivity index is 1.41. The first-order valence-corrected chi connectivity index (χ1v) is 10.4. The van der Waals surface area contributed by atoms with E-state index in [2.05, 4.69) is 33.4 Å². The van der Waals surface area contributed by atoms with E-state index in [0.717, 1.165) is 46.8 Å². The fourth-order valence-corrected chi connectivity index (χ4v) is 3.51. The largest absolute Gasteiger partial charge is 0.492 e. The van der Waals surface area contributed by atoms with E-state index >= 15 is 0 Å². The van der Waals surface area contributed by atoms with E-state index in [1.54, 1.807) is 0 Å². The van der Waals surface area contributed by atoms with Crippen molar-refractivity contribution in [2.24, 2.45) is 0 Å². The Kier molecular flexibility index (Phi) is 6.40. The van der Waals surface area contributed by atoms with Crippen molar-refractivity contribution in [2.75, 3.05) is 26.2 Å². The molecule has 2 heterocycles. The first-order valence-electron chi connectivity index (χ1n) is 10.4. The summed E-state index contributed by atoms with van der Waals surface area (Å²) in [6.07, 6.45) is 3.20. The van der Waals surface area contributed by atoms with Crippen LogP contribution >= 0.6 is 0 Å². The van der Waals surface area contributed by atoms with E-state index in [0.29, 0.717) is 6.54 Å². The van der Waals surface area contributed by atoms with Gasteiger partial charge in [0.1, 0.15) is 12.4 Å². The predicted octanol–water partition coefficient (Wildman–Crippen LogP) is 4.14. The van der Waals surface area contributed by atoms with E-state index in [9.17, 15) is 4.79 Å². The van der Waals surface area contributed by atoms with Crippen LogP contribution in [0.1, 0.15) is 18.9 Å². The van der Waals surface area contributed by atoms with Crippen LogP contribution in [-0.2, 0) is 11.3 Å². The van der Waals surface area contributed by atoms with Gasteiger partial charge in [0.15, 0.2) is 0 Å². The Morgan fingerprint density at radius 2 is 1.80 bits per heavy atom. The highest BCUT2D eigenvalue weighted by Gasteiger charge is 2.12. The van der Waals surface area contributed by atoms with Crippen molar-refractivity contribution in [3.8, 4) is 28.1 Å². The summed E-state index contributed by atoms with van der Waals surface area (Å²) in [6, 6.07) is 20.3. The van der Waals surface area contributed by atoms with Gasteiger partial charge < -0.3 is 10.1 Å². The number of nitrogens with zero attached hydrogens (tertiary/aromatic N) is 2. The van der Waals surface area contributed by atoms with Crippen molar-refractivity contribution in [3.05, 3.63) is 72.4 Å². The minimum Gasteiger partial charge on any atom is -0.492 e. The summed E-state index contributed by atoms with van der Waals surface area (Å²) < 4.78 is 5.85. The number of aromatic nitrogens is 1. The fraction of sp³-hybridized carbons (Fsp3) is 0.280. The minimum absolute atomic E-state index is 0.0407. The zero-order chi connectivity index (χ0) is 20.8. The minimum atomic E-state index is -0.0407. The molecule has 1 aliphatic rings. The zero-order valence-corrected chi connectivity index (χ0v) is 17.3. The van der Waals surface area contributed by atoms with Crippen LogP contribution in [0, 0.1) is 0 Å². The van der Waals surface area contributed by atoms with Crippen LogP contribution in [-0.4, -0.2) is 42.0 Å². The Hall–Kier alpha value is -3.18. The molecule has 30 heavy (non-hydrogen) atoms. The highest BCUT2D eigenvalue weighted by Crippen LogP contribution is 2.26. The molecular weight excluding hydrogens is 374 g/mol. The van der Waals surface area contributed by atoms with E-state index in [-0.39, 0.29) is 5.91 Å². The van der Waals surface area contributed by atoms with Crippen molar-refractivity contribution in [1.82, 2.24) is 15.2 Å². The van der Waals surface area contributed by atoms with Crippen molar-refractivity contribution < 1.29 is 9.53 Å². The van der Waals surface area contributed by atoms with Gasteiger partial charge >= 0.3 is 0 Å². The number of amides is 1. The number of hydrogen-bond donors (Lipinski definition) is 1. The average Bonchev–Trinajstić information content (AvgIpc) is 2.75. The Morgan fingerprint density at radius 3 is 2.47 bits per heavy atom. The summed E-state index contributed by atoms with van der Waals surface area (Å²) in [5.74, 6) is 0.858. The lowest BCUT2D eigenvalue weighted by molar-refractivity contribution is -0.119. The van der Waals surface area contributed by atoms with Crippen LogP contribution in [0.4, 0.5) is 0 Å². The third-order valence-electron chi connectivity index (χ3n) is 5.40. The molecule has 5 nitrogen and oxygen atoms in total. The van der Waals surface area contributed by atoms with Crippen molar-refractivity contribution >= 4 is 5.91 Å². The molecule has 1 aromatic heterocycles. The SMILES string of the molecule is CC(=O)NCc1ccccc1-c1ccc(-c2ccc(OCCN3CCC3)cc2)cn1. The molecule has 0 atom stereocenters. The maximum absolute atomic E-state index is 11.3. The van der Waals surface area contributed by atoms with Gasteiger partial charge in [0.2, 0.25) is 5.91 Å². The number of ether oxygens (including phenoxy) is 1. The second-order valence-electron chi connectivity index (χ2n) is 7.57. The molecule has 0 aliphatic carbocycles. The molecule has 0 bridgehead atoms. The smallest absolute Gasteiger partial charge is 0.217 e. The number of rotatable bonds is 8. The predicted molar refractivity (Wildman–Crippen MR) is 119 cm³/mol. The summed E-state index contributed by atoms with van der Waals surface area (Å²) in [4.78, 5) is 18.3. The lowest BCUT2D eigenvalue weighted by Gasteiger charge is -2.30. The van der Waals surface area contributed by atoms with Gasteiger partial charge in [0.25, 0.3) is 0 Å². The van der Waals surface area contributed by atoms with Crippen LogP contribution in [0.2, 0.25) is 0 Å². The molecule has 1 amide bonds. The molecule has 0 spiro atoms. The van der Waals surface area contributed by atoms with Crippen LogP contribution in [0.5, 0.6) is 5.75 Å². The van der Waals surface area contributed by atoms with Crippen LogP contribution in [0.15, 0.2) is 66.9 Å². The van der Waals surface area contributed by atoms with Crippen molar-refractivity contribution in [2.45, 2.75) is 19.9 Å². The van der Waals surface area contributed by atoms with Crippen LogP contribution < -0.4 is 10.1 Å². The molecule has 1 N–H and O–H groups in total. The molecule has 0 radical (unpaired) electrons. The van der Waals surface area contributed by atoms with E-state index in [1.807, 2.05) is 48.7 Å². The summed E-state index contributed by atoms with van der Waals surface area (Å²) in [6.45, 7) is 6.14. The number of carbonyl (C=O) groups is 1. The maximum atomic E-state index is 11.3. The number of benzene rings is 2. The second-order valence-corrected chi connectivity index (χ2v) is 7.57. The molecule has 2 aromatic carbocycles. The van der Waals surface area contributed by atoms with Crippen LogP contribution in [0.25, 0.3) is 22.4 Å². The normalized spacial score (nSPS) is 13.5. The average molecular weight is 402 g/mol. The van der Waals surface area contributed by atoms with Crippen molar-refractivity contribution in [3.63, 3.8) is 0 Å². The topological polar surface area (TPSA) is 54.5 Å². The van der Waals surface area contributed by atoms with E-state index in [1.165, 1.54) is 26.4 Å². The molecule has 4 rings (SSSR count). The van der Waals surface area contributed by atoms with Gasteiger partial charge in [0.05, 0.1) is 5.69 Å². The Labute approximate surface area is 177 Å². The molecule has 3 aromatic rings. The molecule has 1 fully saturated rings. The van der Waals surface area contributed by atoms with Crippen molar-refractivity contribution in [1.29, 1.82) is 0 Å². The molecular formula is C25H27N3O2. The number of hydrogen-bond acceptors (Lipinski definition) is 4. The molecule has 154 valence electrons. The number of likely N-dealkylation sites (tertiary alicyclic amines) is 1. The van der Waals surface area contributed by atoms with Gasteiger partial charge in [-0.05, 0) is 48.8 Å². The Morgan fingerprint density at radius 1 is 1.03 bits per heavy atom. The Bertz CT molecular complexity index is 980. The summed E-state index contributed by atoms with van der Waals surface area (Å²) in [5.41, 5.74) is 5.14. The lowest BCUT2D eigenvalue weighted by atomic mass is 10.0. The van der Waals surface area contributed by atoms with Gasteiger partial charge in [0, 0.05) is 37.3 Å². The molecule has 0 saturated carbocycles. The number of pyridine rings is 1. The molecule has 5 heteroatoms. The second kappa shape index (κ2) is 9.55. The van der Waals surface area contributed by atoms with E-state index in [4.69, 9.17) is 4.74 Å². The van der Waals surface area contributed by atoms with Gasteiger partial charge in [-0.3, -0.25) is 14.7 Å². The van der Waals surface area contributed by atoms with Crippen LogP contribution in [0.3, 0.4) is 0 Å². The number of carbonyl (C=O) groups excluding carboxylic acids is 1. The fourth-order valence-electron chi connectivity index (χ4n) is 3.51. The third kappa shape index (κ3) is 5.05. The third-order valence-corrected chi connectivity index (χ3v) is 5.40. The monoisotopic (exact) mass is 401 g/mol. The molecule has 1 saturated heterocycles. The molecule has 1 aliphatic heterocycles. The standard InChI is InChI=1S/C25H27N3O2/c1-19(29)26-18-22-5-2-3-6-24(22)25-12-9-21(17-27-25)20-7-10-23(11-8-20)30-16-15-28-13-4-14-28/h2-3,5-12,17H,4,13-16,18H2,1H3,(H,26,29). The summed E-state index contributed by atoms with van der Waals surface area (Å²) in [5, 5.41) is 2.86. The highest BCUT2D eigenvalue weighted by atomic mass is 16.5. The first-order chi connectivity index (χ1) is 14.7. The lowest BCUT2D eigenvalue weighted by Crippen LogP contribution is -2.39. The first kappa shape index (κ1) is 20.1. The molecule has 0 unspecified atom stereocenters. The quantitative estimate of drug-likeness (QED) is 0.616. The van der Waals surface area contributed by atoms with Gasteiger partial charge in [-0.1, -0.05) is 42.5 Å². The summed E-state index contributed by atoms with van der Waals surface area (Å²) >= 11 is 0. The van der Waals surface area contributed by atoms with Gasteiger partial charge in [-0.2, -0.15) is 0 Å². The summed E-state index contributed by atoms with van der Waals surface area (Å²) in [7, 11) is 0. The number of nitrogens with one attached hydrogen (secondary N) is 1. The maximum Gasteiger partial charge on any atom is 0.217 e. The highest BCUT2D eigenvalue weighted by molar-refractivity contribution is 5.74. The zero-order valence-electron chi connectivity index (χ0n) is 17.3. The van der Waals surface area contributed by atoms with Gasteiger partial charge in [-0.15, -0.1) is 0 Å². The van der Waals surface area contributed by atoms with E-state index < -0.39 is 0 Å².